The van der Waals surface area contributed by atoms with Gasteiger partial charge in [-0.15, -0.1) is 11.3 Å². The SMILES string of the molecule is O=C(Cc1csc(-c2cccnc2)n1)O[C@@H]1CCCCC1=O. The predicted octanol–water partition coefficient (Wildman–Crippen LogP) is 2.80. The highest BCUT2D eigenvalue weighted by atomic mass is 32.1. The van der Waals surface area contributed by atoms with Gasteiger partial charge in [-0.05, 0) is 31.4 Å². The highest BCUT2D eigenvalue weighted by Gasteiger charge is 2.26. The van der Waals surface area contributed by atoms with Crippen molar-refractivity contribution < 1.29 is 14.3 Å². The Bertz CT molecular complexity index is 669. The fraction of sp³-hybridized carbons (Fsp3) is 0.375. The molecule has 1 aliphatic rings. The molecule has 2 heterocycles. The molecule has 1 aliphatic carbocycles. The molecule has 0 N–H and O–H groups in total. The lowest BCUT2D eigenvalue weighted by Gasteiger charge is -2.20. The average molecular weight is 316 g/mol. The fourth-order valence-corrected chi connectivity index (χ4v) is 3.24. The van der Waals surface area contributed by atoms with Gasteiger partial charge in [0.25, 0.3) is 0 Å². The Kier molecular flexibility index (Phi) is 4.58. The Hall–Kier alpha value is -2.08. The van der Waals surface area contributed by atoms with Crippen LogP contribution >= 0.6 is 11.3 Å². The van der Waals surface area contributed by atoms with Crippen LogP contribution in [0.5, 0.6) is 0 Å². The second kappa shape index (κ2) is 6.79. The van der Waals surface area contributed by atoms with Gasteiger partial charge in [-0.3, -0.25) is 14.6 Å². The molecule has 1 saturated carbocycles. The standard InChI is InChI=1S/C16H16N2O3S/c19-13-5-1-2-6-14(13)21-15(20)8-12-10-22-16(18-12)11-4-3-7-17-9-11/h3-4,7,9-10,14H,1-2,5-6,8H2/t14-/m1/s1. The molecule has 5 nitrogen and oxygen atoms in total. The summed E-state index contributed by atoms with van der Waals surface area (Å²) in [7, 11) is 0. The number of aromatic nitrogens is 2. The second-order valence-corrected chi connectivity index (χ2v) is 6.11. The summed E-state index contributed by atoms with van der Waals surface area (Å²) in [5, 5.41) is 2.66. The molecule has 0 spiro atoms. The zero-order valence-electron chi connectivity index (χ0n) is 12.0. The number of nitrogens with zero attached hydrogens (tertiary/aromatic N) is 2. The van der Waals surface area contributed by atoms with Gasteiger partial charge < -0.3 is 4.74 Å². The summed E-state index contributed by atoms with van der Waals surface area (Å²) in [4.78, 5) is 32.1. The Morgan fingerprint density at radius 2 is 2.32 bits per heavy atom. The van der Waals surface area contributed by atoms with Crippen molar-refractivity contribution in [3.8, 4) is 10.6 Å². The van der Waals surface area contributed by atoms with E-state index in [0.717, 1.165) is 23.4 Å². The molecule has 0 radical (unpaired) electrons. The number of Topliss-reactive ketones (excluding diaryl/α,β-unsaturated/α-hetero) is 1. The number of ether oxygens (including phenoxy) is 1. The largest absolute Gasteiger partial charge is 0.454 e. The Balaban J connectivity index is 1.60. The number of rotatable bonds is 4. The minimum atomic E-state index is -0.558. The van der Waals surface area contributed by atoms with Crippen LogP contribution in [0, 0.1) is 0 Å². The molecule has 1 atom stereocenters. The fourth-order valence-electron chi connectivity index (χ4n) is 2.43. The number of hydrogen-bond acceptors (Lipinski definition) is 6. The van der Waals surface area contributed by atoms with Gasteiger partial charge in [0.2, 0.25) is 0 Å². The minimum absolute atomic E-state index is 0.0360. The first kappa shape index (κ1) is 14.8. The summed E-state index contributed by atoms with van der Waals surface area (Å²) in [6, 6.07) is 3.77. The van der Waals surface area contributed by atoms with Gasteiger partial charge in [0.15, 0.2) is 11.9 Å². The van der Waals surface area contributed by atoms with E-state index in [2.05, 4.69) is 9.97 Å². The third kappa shape index (κ3) is 3.57. The first-order valence-corrected chi connectivity index (χ1v) is 8.17. The van der Waals surface area contributed by atoms with Crippen molar-refractivity contribution in [2.75, 3.05) is 0 Å². The quantitative estimate of drug-likeness (QED) is 0.811. The third-order valence-corrected chi connectivity index (χ3v) is 4.50. The van der Waals surface area contributed by atoms with Gasteiger partial charge in [-0.1, -0.05) is 0 Å². The zero-order chi connectivity index (χ0) is 15.4. The molecule has 2 aromatic rings. The summed E-state index contributed by atoms with van der Waals surface area (Å²) in [5.74, 6) is -0.350. The molecule has 0 amide bonds. The molecule has 114 valence electrons. The number of carbonyl (C=O) groups excluding carboxylic acids is 2. The van der Waals surface area contributed by atoms with Gasteiger partial charge in [0, 0.05) is 29.8 Å². The maximum atomic E-state index is 11.9. The predicted molar refractivity (Wildman–Crippen MR) is 82.4 cm³/mol. The molecule has 3 rings (SSSR count). The highest BCUT2D eigenvalue weighted by Crippen LogP contribution is 2.23. The van der Waals surface area contributed by atoms with Crippen LogP contribution in [0.1, 0.15) is 31.4 Å². The molecule has 0 bridgehead atoms. The number of hydrogen-bond donors (Lipinski definition) is 0. The third-order valence-electron chi connectivity index (χ3n) is 3.56. The zero-order valence-corrected chi connectivity index (χ0v) is 12.8. The van der Waals surface area contributed by atoms with Crippen LogP contribution in [0.3, 0.4) is 0 Å². The first-order valence-electron chi connectivity index (χ1n) is 7.29. The van der Waals surface area contributed by atoms with E-state index in [1.807, 2.05) is 17.5 Å². The topological polar surface area (TPSA) is 69.2 Å². The lowest BCUT2D eigenvalue weighted by atomic mass is 9.96. The van der Waals surface area contributed by atoms with Crippen LogP contribution in [0.25, 0.3) is 10.6 Å². The van der Waals surface area contributed by atoms with Gasteiger partial charge in [-0.25, -0.2) is 4.98 Å². The minimum Gasteiger partial charge on any atom is -0.454 e. The molecule has 6 heteroatoms. The lowest BCUT2D eigenvalue weighted by Crippen LogP contribution is -2.30. The van der Waals surface area contributed by atoms with Crippen LogP contribution in [0.15, 0.2) is 29.9 Å². The number of ketones is 1. The molecule has 2 aromatic heterocycles. The molecule has 0 saturated heterocycles. The monoisotopic (exact) mass is 316 g/mol. The molecule has 1 fully saturated rings. The number of pyridine rings is 1. The summed E-state index contributed by atoms with van der Waals surface area (Å²) < 4.78 is 5.29. The number of carbonyl (C=O) groups is 2. The molecule has 0 aliphatic heterocycles. The van der Waals surface area contributed by atoms with Crippen molar-refractivity contribution in [1.82, 2.24) is 9.97 Å². The highest BCUT2D eigenvalue weighted by molar-refractivity contribution is 7.13. The van der Waals surface area contributed by atoms with E-state index >= 15 is 0 Å². The second-order valence-electron chi connectivity index (χ2n) is 5.25. The van der Waals surface area contributed by atoms with E-state index in [4.69, 9.17) is 4.74 Å². The normalized spacial score (nSPS) is 18.2. The first-order chi connectivity index (χ1) is 10.7. The van der Waals surface area contributed by atoms with Crippen LogP contribution in [-0.4, -0.2) is 27.8 Å². The van der Waals surface area contributed by atoms with Crippen molar-refractivity contribution in [3.63, 3.8) is 0 Å². The van der Waals surface area contributed by atoms with Crippen LogP contribution < -0.4 is 0 Å². The molecule has 0 unspecified atom stereocenters. The van der Waals surface area contributed by atoms with Gasteiger partial charge in [0.1, 0.15) is 5.01 Å². The molecular weight excluding hydrogens is 300 g/mol. The van der Waals surface area contributed by atoms with Crippen molar-refractivity contribution in [2.24, 2.45) is 0 Å². The van der Waals surface area contributed by atoms with Crippen molar-refractivity contribution >= 4 is 23.1 Å². The van der Waals surface area contributed by atoms with Crippen molar-refractivity contribution in [2.45, 2.75) is 38.2 Å². The Labute approximate surface area is 132 Å². The molecular formula is C16H16N2O3S. The van der Waals surface area contributed by atoms with Crippen LogP contribution in [0.2, 0.25) is 0 Å². The van der Waals surface area contributed by atoms with E-state index < -0.39 is 6.10 Å². The Morgan fingerprint density at radius 1 is 1.41 bits per heavy atom. The van der Waals surface area contributed by atoms with E-state index in [1.165, 1.54) is 11.3 Å². The average Bonchev–Trinajstić information content (AvgIpc) is 2.99. The molecule has 0 aromatic carbocycles. The van der Waals surface area contributed by atoms with E-state index in [0.29, 0.717) is 18.5 Å². The summed E-state index contributed by atoms with van der Waals surface area (Å²) in [5.41, 5.74) is 1.59. The molecule has 22 heavy (non-hydrogen) atoms. The van der Waals surface area contributed by atoms with Crippen LogP contribution in [0.4, 0.5) is 0 Å². The van der Waals surface area contributed by atoms with E-state index in [1.54, 1.807) is 12.4 Å². The maximum absolute atomic E-state index is 11.9. The summed E-state index contributed by atoms with van der Waals surface area (Å²) >= 11 is 1.47. The van der Waals surface area contributed by atoms with E-state index in [-0.39, 0.29) is 18.2 Å². The Morgan fingerprint density at radius 3 is 3.09 bits per heavy atom. The van der Waals surface area contributed by atoms with Gasteiger partial charge in [-0.2, -0.15) is 0 Å². The van der Waals surface area contributed by atoms with Gasteiger partial charge in [0.05, 0.1) is 12.1 Å². The summed E-state index contributed by atoms with van der Waals surface area (Å²) in [6.07, 6.45) is 5.97. The van der Waals surface area contributed by atoms with Crippen LogP contribution in [-0.2, 0) is 20.7 Å². The summed E-state index contributed by atoms with van der Waals surface area (Å²) in [6.45, 7) is 0. The van der Waals surface area contributed by atoms with E-state index in [9.17, 15) is 9.59 Å². The number of thiazole rings is 1. The smallest absolute Gasteiger partial charge is 0.312 e. The maximum Gasteiger partial charge on any atom is 0.312 e. The number of esters is 1. The lowest BCUT2D eigenvalue weighted by molar-refractivity contribution is -0.156. The van der Waals surface area contributed by atoms with Crippen molar-refractivity contribution in [1.29, 1.82) is 0 Å². The van der Waals surface area contributed by atoms with Gasteiger partial charge >= 0.3 is 5.97 Å². The van der Waals surface area contributed by atoms with Crippen molar-refractivity contribution in [3.05, 3.63) is 35.6 Å².